The summed E-state index contributed by atoms with van der Waals surface area (Å²) in [4.78, 5) is 0. The van der Waals surface area contributed by atoms with Gasteiger partial charge < -0.3 is 11.1 Å². The van der Waals surface area contributed by atoms with Crippen molar-refractivity contribution in [3.05, 3.63) is 69.7 Å². The predicted molar refractivity (Wildman–Crippen MR) is 120 cm³/mol. The van der Waals surface area contributed by atoms with Gasteiger partial charge in [-0.25, -0.2) is 0 Å². The summed E-state index contributed by atoms with van der Waals surface area (Å²) in [5.74, 6) is 0.565. The number of hydrogen-bond acceptors (Lipinski definition) is 3. The van der Waals surface area contributed by atoms with Crippen LogP contribution in [0.15, 0.2) is 53.6 Å². The number of nitrogens with one attached hydrogen (secondary N) is 2. The van der Waals surface area contributed by atoms with Crippen molar-refractivity contribution in [2.45, 2.75) is 31.3 Å². The van der Waals surface area contributed by atoms with Crippen molar-refractivity contribution in [3.8, 4) is 0 Å². The number of hydrogen-bond donors (Lipinski definition) is 3. The first-order valence-corrected chi connectivity index (χ1v) is 10.6. The van der Waals surface area contributed by atoms with E-state index >= 15 is 0 Å². The Balaban J connectivity index is 1.76. The lowest BCUT2D eigenvalue weighted by atomic mass is 9.67. The molecule has 4 unspecified atom stereocenters. The second-order valence-corrected chi connectivity index (χ2v) is 8.69. The fourth-order valence-electron chi connectivity index (χ4n) is 4.51. The maximum absolute atomic E-state index is 6.11. The summed E-state index contributed by atoms with van der Waals surface area (Å²) >= 11 is 17.2. The van der Waals surface area contributed by atoms with Crippen LogP contribution in [0.4, 0.5) is 0 Å². The normalized spacial score (nSPS) is 26.6. The molecule has 1 aliphatic carbocycles. The van der Waals surface area contributed by atoms with E-state index in [4.69, 9.17) is 41.2 Å². The fraction of sp³-hybridized carbons (Fsp3) is 0.333. The molecule has 2 aromatic rings. The standard InChI is InChI=1S/C21H22Cl2N4S/c22-14-8-4-12(5-9-14)18-16-2-1-3-17(20(16)26-27-21(24)28)19(25-18)13-6-10-15(23)11-7-13/h4-11,16-19,25H,1-3H2,(H3,24,27,28). The lowest BCUT2D eigenvalue weighted by Crippen LogP contribution is -2.51. The maximum atomic E-state index is 6.11. The molecule has 2 fully saturated rings. The number of benzene rings is 2. The van der Waals surface area contributed by atoms with E-state index in [1.165, 1.54) is 11.1 Å². The zero-order chi connectivity index (χ0) is 19.7. The Morgan fingerprint density at radius 1 is 0.929 bits per heavy atom. The van der Waals surface area contributed by atoms with Gasteiger partial charge in [0.25, 0.3) is 0 Å². The number of rotatable bonds is 3. The Kier molecular flexibility index (Phi) is 5.88. The summed E-state index contributed by atoms with van der Waals surface area (Å²) in [7, 11) is 0. The zero-order valence-corrected chi connectivity index (χ0v) is 17.6. The van der Waals surface area contributed by atoms with Gasteiger partial charge in [0, 0.05) is 39.7 Å². The minimum Gasteiger partial charge on any atom is -0.375 e. The highest BCUT2D eigenvalue weighted by Gasteiger charge is 2.45. The minimum absolute atomic E-state index is 0.140. The van der Waals surface area contributed by atoms with Gasteiger partial charge in [-0.2, -0.15) is 5.10 Å². The number of nitrogens with two attached hydrogens (primary N) is 1. The third-order valence-corrected chi connectivity index (χ3v) is 6.30. The Hall–Kier alpha value is -1.66. The van der Waals surface area contributed by atoms with Crippen LogP contribution in [0, 0.1) is 11.8 Å². The molecule has 146 valence electrons. The summed E-state index contributed by atoms with van der Waals surface area (Å²) in [5, 5.41) is 10.2. The Morgan fingerprint density at radius 3 is 1.82 bits per heavy atom. The van der Waals surface area contributed by atoms with Crippen LogP contribution in [0.3, 0.4) is 0 Å². The van der Waals surface area contributed by atoms with Crippen molar-refractivity contribution in [2.75, 3.05) is 0 Å². The number of hydrazone groups is 1. The van der Waals surface area contributed by atoms with Gasteiger partial charge in [-0.15, -0.1) is 0 Å². The average Bonchev–Trinajstić information content (AvgIpc) is 2.68. The van der Waals surface area contributed by atoms with Crippen LogP contribution in [0.1, 0.15) is 42.5 Å². The van der Waals surface area contributed by atoms with Gasteiger partial charge in [0.05, 0.1) is 0 Å². The molecule has 4 rings (SSSR count). The van der Waals surface area contributed by atoms with Crippen LogP contribution in [0.25, 0.3) is 0 Å². The van der Waals surface area contributed by atoms with Crippen molar-refractivity contribution < 1.29 is 0 Å². The molecule has 4 atom stereocenters. The molecule has 0 aromatic heterocycles. The second-order valence-electron chi connectivity index (χ2n) is 7.38. The lowest BCUT2D eigenvalue weighted by molar-refractivity contribution is 0.232. The second kappa shape index (κ2) is 8.37. The third-order valence-electron chi connectivity index (χ3n) is 5.71. The molecule has 0 spiro atoms. The highest BCUT2D eigenvalue weighted by atomic mass is 35.5. The first kappa shape index (κ1) is 19.6. The largest absolute Gasteiger partial charge is 0.375 e. The van der Waals surface area contributed by atoms with E-state index < -0.39 is 0 Å². The molecule has 1 saturated heterocycles. The highest BCUT2D eigenvalue weighted by Crippen LogP contribution is 2.46. The smallest absolute Gasteiger partial charge is 0.184 e. The molecule has 4 N–H and O–H groups in total. The molecule has 28 heavy (non-hydrogen) atoms. The number of piperidine rings is 1. The summed E-state index contributed by atoms with van der Waals surface area (Å²) in [6.45, 7) is 0. The Labute approximate surface area is 180 Å². The first-order valence-electron chi connectivity index (χ1n) is 9.43. The molecular weight excluding hydrogens is 411 g/mol. The van der Waals surface area contributed by atoms with Gasteiger partial charge in [-0.1, -0.05) is 53.9 Å². The van der Waals surface area contributed by atoms with Gasteiger partial charge in [0.1, 0.15) is 0 Å². The van der Waals surface area contributed by atoms with Crippen molar-refractivity contribution in [3.63, 3.8) is 0 Å². The summed E-state index contributed by atoms with van der Waals surface area (Å²) < 4.78 is 0. The van der Waals surface area contributed by atoms with Crippen molar-refractivity contribution >= 4 is 46.2 Å². The van der Waals surface area contributed by atoms with E-state index in [-0.39, 0.29) is 29.0 Å². The Morgan fingerprint density at radius 2 is 1.39 bits per heavy atom. The van der Waals surface area contributed by atoms with Gasteiger partial charge in [-0.05, 0) is 60.5 Å². The number of halogens is 2. The maximum Gasteiger partial charge on any atom is 0.184 e. The highest BCUT2D eigenvalue weighted by molar-refractivity contribution is 7.80. The summed E-state index contributed by atoms with van der Waals surface area (Å²) in [5.41, 5.74) is 12.0. The summed E-state index contributed by atoms with van der Waals surface area (Å²) in [6.07, 6.45) is 3.31. The zero-order valence-electron chi connectivity index (χ0n) is 15.2. The molecule has 2 aliphatic rings. The van der Waals surface area contributed by atoms with Gasteiger partial charge >= 0.3 is 0 Å². The fourth-order valence-corrected chi connectivity index (χ4v) is 4.81. The van der Waals surface area contributed by atoms with E-state index in [0.29, 0.717) is 0 Å². The van der Waals surface area contributed by atoms with E-state index in [9.17, 15) is 0 Å². The molecule has 1 saturated carbocycles. The third kappa shape index (κ3) is 4.03. The van der Waals surface area contributed by atoms with Crippen LogP contribution >= 0.6 is 35.4 Å². The van der Waals surface area contributed by atoms with Crippen LogP contribution < -0.4 is 16.5 Å². The van der Waals surface area contributed by atoms with Crippen LogP contribution in [0.5, 0.6) is 0 Å². The predicted octanol–water partition coefficient (Wildman–Crippen LogP) is 4.98. The van der Waals surface area contributed by atoms with Crippen molar-refractivity contribution in [2.24, 2.45) is 22.7 Å². The molecule has 0 amide bonds. The number of nitrogens with zero attached hydrogens (tertiary/aromatic N) is 1. The lowest BCUT2D eigenvalue weighted by Gasteiger charge is -2.47. The van der Waals surface area contributed by atoms with Gasteiger partial charge in [0.15, 0.2) is 5.11 Å². The quantitative estimate of drug-likeness (QED) is 0.472. The molecule has 2 aromatic carbocycles. The van der Waals surface area contributed by atoms with Crippen molar-refractivity contribution in [1.82, 2.24) is 10.7 Å². The first-order chi connectivity index (χ1) is 13.5. The molecule has 4 nitrogen and oxygen atoms in total. The van der Waals surface area contributed by atoms with E-state index in [1.54, 1.807) is 0 Å². The van der Waals surface area contributed by atoms with Crippen LogP contribution in [0.2, 0.25) is 10.0 Å². The van der Waals surface area contributed by atoms with Crippen molar-refractivity contribution in [1.29, 1.82) is 0 Å². The van der Waals surface area contributed by atoms with Crippen LogP contribution in [-0.4, -0.2) is 10.8 Å². The van der Waals surface area contributed by atoms with E-state index in [0.717, 1.165) is 35.0 Å². The van der Waals surface area contributed by atoms with Gasteiger partial charge in [0.2, 0.25) is 0 Å². The molecule has 1 heterocycles. The monoisotopic (exact) mass is 432 g/mol. The Bertz CT molecular complexity index is 821. The average molecular weight is 433 g/mol. The van der Waals surface area contributed by atoms with E-state index in [1.807, 2.05) is 24.3 Å². The van der Waals surface area contributed by atoms with Crippen LogP contribution in [-0.2, 0) is 0 Å². The molecule has 0 radical (unpaired) electrons. The minimum atomic E-state index is 0.140. The molecule has 7 heteroatoms. The summed E-state index contributed by atoms with van der Waals surface area (Å²) in [6, 6.07) is 16.4. The molecule has 1 aliphatic heterocycles. The number of thiocarbonyl (C=S) groups is 1. The topological polar surface area (TPSA) is 62.4 Å². The SMILES string of the molecule is NC(=S)NN=C1C2CCCC1C(c1ccc(Cl)cc1)NC2c1ccc(Cl)cc1. The molecular formula is C21H22Cl2N4S. The molecule has 2 bridgehead atoms. The number of fused-ring (bicyclic) bond motifs is 2. The van der Waals surface area contributed by atoms with Gasteiger partial charge in [-0.3, -0.25) is 5.43 Å². The van der Waals surface area contributed by atoms with E-state index in [2.05, 4.69) is 40.1 Å².